The molecule has 0 saturated heterocycles. The smallest absolute Gasteiger partial charge is 0.333 e. The zero-order valence-corrected chi connectivity index (χ0v) is 35.3. The maximum absolute atomic E-state index is 17.4. The average Bonchev–Trinajstić information content (AvgIpc) is 3.55. The molecule has 298 valence electrons. The Kier molecular flexibility index (Phi) is 12.1. The van der Waals surface area contributed by atoms with Gasteiger partial charge in [-0.15, -0.1) is 0 Å². The molecule has 0 aliphatic rings. The fraction of sp³-hybridized carbons (Fsp3) is 0.208. The van der Waals surface area contributed by atoms with Crippen LogP contribution in [0.25, 0.3) is 22.2 Å². The van der Waals surface area contributed by atoms with Gasteiger partial charge in [0, 0.05) is 41.7 Å². The van der Waals surface area contributed by atoms with E-state index in [1.807, 2.05) is 42.5 Å². The van der Waals surface area contributed by atoms with E-state index >= 15 is 4.39 Å². The van der Waals surface area contributed by atoms with E-state index < -0.39 is 5.97 Å². The number of carbonyl (C=O) groups is 1. The molecule has 7 rings (SSSR count). The van der Waals surface area contributed by atoms with Crippen LogP contribution in [0.1, 0.15) is 59.7 Å². The molecule has 5 nitrogen and oxygen atoms in total. The Labute approximate surface area is 349 Å². The van der Waals surface area contributed by atoms with Crippen LogP contribution >= 0.6 is 0 Å². The number of fused-ring (bicyclic) bond motifs is 1. The fourth-order valence-corrected chi connectivity index (χ4v) is 8.56. The molecule has 0 N–H and O–H groups in total. The highest BCUT2D eigenvalue weighted by molar-refractivity contribution is 5.96. The molecule has 0 spiro atoms. The lowest BCUT2D eigenvalue weighted by Crippen LogP contribution is -2.19. The summed E-state index contributed by atoms with van der Waals surface area (Å²) >= 11 is 0. The first kappa shape index (κ1) is 40.7. The van der Waals surface area contributed by atoms with Crippen molar-refractivity contribution in [3.8, 4) is 11.3 Å². The van der Waals surface area contributed by atoms with Crippen molar-refractivity contribution in [2.45, 2.75) is 55.0 Å². The molecule has 1 aromatic heterocycles. The van der Waals surface area contributed by atoms with Crippen LogP contribution in [0, 0.1) is 39.4 Å². The van der Waals surface area contributed by atoms with Gasteiger partial charge in [0.25, 0.3) is 0 Å². The fourth-order valence-electron chi connectivity index (χ4n) is 8.56. The number of halogens is 1. The van der Waals surface area contributed by atoms with Gasteiger partial charge in [0.1, 0.15) is 12.3 Å². The van der Waals surface area contributed by atoms with Gasteiger partial charge in [-0.3, -0.25) is 0 Å². The number of ether oxygens (including phenoxy) is 1. The van der Waals surface area contributed by atoms with Crippen molar-refractivity contribution >= 4 is 39.6 Å². The van der Waals surface area contributed by atoms with Gasteiger partial charge < -0.3 is 19.1 Å². The maximum atomic E-state index is 17.4. The predicted molar refractivity (Wildman–Crippen MR) is 244 cm³/mol. The molecule has 0 aliphatic heterocycles. The van der Waals surface area contributed by atoms with Crippen molar-refractivity contribution in [1.82, 2.24) is 4.57 Å². The van der Waals surface area contributed by atoms with Crippen molar-refractivity contribution in [2.75, 3.05) is 29.5 Å². The zero-order valence-electron chi connectivity index (χ0n) is 35.3. The minimum atomic E-state index is -0.429. The summed E-state index contributed by atoms with van der Waals surface area (Å²) in [6.07, 6.45) is 0. The van der Waals surface area contributed by atoms with E-state index in [1.165, 1.54) is 16.8 Å². The first-order valence-electron chi connectivity index (χ1n) is 20.5. The zero-order chi connectivity index (χ0) is 41.8. The third kappa shape index (κ3) is 8.00. The third-order valence-corrected chi connectivity index (χ3v) is 11.2. The first-order valence-corrected chi connectivity index (χ1v) is 20.5. The van der Waals surface area contributed by atoms with Crippen molar-refractivity contribution < 1.29 is 13.9 Å². The lowest BCUT2D eigenvalue weighted by molar-refractivity contribution is -0.139. The molecule has 0 atom stereocenters. The van der Waals surface area contributed by atoms with E-state index in [9.17, 15) is 4.79 Å². The van der Waals surface area contributed by atoms with Gasteiger partial charge in [0.15, 0.2) is 5.82 Å². The van der Waals surface area contributed by atoms with Gasteiger partial charge in [0.2, 0.25) is 0 Å². The highest BCUT2D eigenvalue weighted by Gasteiger charge is 2.35. The van der Waals surface area contributed by atoms with Crippen molar-refractivity contribution in [1.29, 1.82) is 0 Å². The summed E-state index contributed by atoms with van der Waals surface area (Å²) in [5, 5.41) is 0.969. The van der Waals surface area contributed by atoms with Crippen LogP contribution in [0.2, 0.25) is 0 Å². The molecule has 0 fully saturated rings. The third-order valence-electron chi connectivity index (χ3n) is 11.2. The lowest BCUT2D eigenvalue weighted by Gasteiger charge is -2.27. The van der Waals surface area contributed by atoms with E-state index in [-0.39, 0.29) is 12.4 Å². The number of benzene rings is 6. The molecule has 0 amide bonds. The summed E-state index contributed by atoms with van der Waals surface area (Å²) in [6.45, 7) is 20.2. The van der Waals surface area contributed by atoms with Gasteiger partial charge in [-0.05, 0) is 131 Å². The van der Waals surface area contributed by atoms with Crippen LogP contribution in [0.3, 0.4) is 0 Å². The van der Waals surface area contributed by atoms with Gasteiger partial charge >= 0.3 is 5.97 Å². The van der Waals surface area contributed by atoms with Crippen LogP contribution in [0.15, 0.2) is 146 Å². The monoisotopic (exact) mass is 782 g/mol. The Morgan fingerprint density at radius 1 is 0.695 bits per heavy atom. The number of aromatic nitrogens is 1. The Hall–Kier alpha value is -6.53. The Morgan fingerprint density at radius 2 is 1.24 bits per heavy atom. The average molecular weight is 783 g/mol. The number of para-hydroxylation sites is 3. The van der Waals surface area contributed by atoms with Crippen LogP contribution in [-0.4, -0.2) is 30.2 Å². The Bertz CT molecular complexity index is 2580. The van der Waals surface area contributed by atoms with Crippen LogP contribution < -0.4 is 9.80 Å². The normalized spacial score (nSPS) is 11.1. The second-order valence-corrected chi connectivity index (χ2v) is 15.2. The largest absolute Gasteiger partial charge is 0.460 e. The molecule has 0 aliphatic carbocycles. The lowest BCUT2D eigenvalue weighted by atomic mass is 9.82. The van der Waals surface area contributed by atoms with Gasteiger partial charge in [-0.25, -0.2) is 4.79 Å². The number of nitrogens with zero attached hydrogens (tertiary/aromatic N) is 3. The summed E-state index contributed by atoms with van der Waals surface area (Å²) in [5.41, 5.74) is 14.3. The second-order valence-electron chi connectivity index (χ2n) is 15.2. The van der Waals surface area contributed by atoms with E-state index in [4.69, 9.17) is 4.74 Å². The van der Waals surface area contributed by atoms with Gasteiger partial charge in [0.05, 0.1) is 51.4 Å². The van der Waals surface area contributed by atoms with Crippen LogP contribution in [0.4, 0.5) is 27.1 Å². The number of esters is 1. The number of rotatable bonds is 14. The highest BCUT2D eigenvalue weighted by atomic mass is 19.1. The molecule has 7 aromatic rings. The van der Waals surface area contributed by atoms with Crippen molar-refractivity contribution in [3.63, 3.8) is 0 Å². The number of carbonyl (C=O) groups excluding carboxylic acids is 1. The Morgan fingerprint density at radius 3 is 1.80 bits per heavy atom. The maximum Gasteiger partial charge on any atom is 0.333 e. The summed E-state index contributed by atoms with van der Waals surface area (Å²) in [5.74, 6) is 0.0308. The van der Waals surface area contributed by atoms with Crippen molar-refractivity contribution in [2.24, 2.45) is 0 Å². The van der Waals surface area contributed by atoms with E-state index in [2.05, 4.69) is 147 Å². The molecule has 6 aromatic carbocycles. The number of hydrogen-bond acceptors (Lipinski definition) is 4. The molecule has 59 heavy (non-hydrogen) atoms. The standard InChI is InChI=1S/C53H53FN3O2/c1-9-55(50-36(5)18-16-19-37(50)6)42-28-26-40(27-29-42)48(44-31-30-43(34-46(44)54)56(10-2)51-38(7)20-17-21-39(51)8)49-45-24-14-15-25-47(45)57(32-33-59-53(58)35(3)4)52(49)41-22-12-11-13-23-41/h11-31,34H,3,9-10,32-33H2,1-2,4-8H3/q+1. The number of aryl methyl sites for hydroxylation is 4. The molecular formula is C53H53FN3O2+. The molecule has 0 unspecified atom stereocenters. The predicted octanol–water partition coefficient (Wildman–Crippen LogP) is 13.1. The summed E-state index contributed by atoms with van der Waals surface area (Å²) in [4.78, 5) is 17.1. The van der Waals surface area contributed by atoms with Crippen LogP contribution in [0.5, 0.6) is 0 Å². The molecule has 6 heteroatoms. The highest BCUT2D eigenvalue weighted by Crippen LogP contribution is 2.46. The number of hydrogen-bond donors (Lipinski definition) is 0. The van der Waals surface area contributed by atoms with Gasteiger partial charge in [-0.1, -0.05) is 73.3 Å². The summed E-state index contributed by atoms with van der Waals surface area (Å²) < 4.78 is 25.3. The first-order chi connectivity index (χ1) is 28.5. The van der Waals surface area contributed by atoms with E-state index in [1.54, 1.807) is 13.0 Å². The minimum Gasteiger partial charge on any atom is -0.460 e. The second kappa shape index (κ2) is 17.5. The number of anilines is 4. The topological polar surface area (TPSA) is 37.7 Å². The van der Waals surface area contributed by atoms with Gasteiger partial charge in [-0.2, -0.15) is 4.39 Å². The van der Waals surface area contributed by atoms with Crippen molar-refractivity contribution in [3.05, 3.63) is 196 Å². The van der Waals surface area contributed by atoms with E-state index in [0.717, 1.165) is 73.9 Å². The summed E-state index contributed by atoms with van der Waals surface area (Å²) in [6, 6.07) is 45.3. The molecule has 1 heterocycles. The van der Waals surface area contributed by atoms with E-state index in [0.29, 0.717) is 24.2 Å². The van der Waals surface area contributed by atoms with Crippen LogP contribution in [-0.2, 0) is 16.1 Å². The molecule has 0 saturated carbocycles. The molecular weight excluding hydrogens is 730 g/mol. The Balaban J connectivity index is 1.45. The quantitative estimate of drug-likeness (QED) is 0.0626. The molecule has 0 bridgehead atoms. The SMILES string of the molecule is C=C(C)C(=O)OCCn1c(-c2ccccc2)c([C+](c2ccc(N(CC)c3c(C)cccc3C)cc2)c2ccc(N(CC)c3c(C)cccc3C)cc2F)c2ccccc21. The molecule has 0 radical (unpaired) electrons. The summed E-state index contributed by atoms with van der Waals surface area (Å²) in [7, 11) is 0. The minimum absolute atomic E-state index is 0.146.